The molecule has 0 atom stereocenters. The molecular weight excluding hydrogens is 280 g/mol. The van der Waals surface area contributed by atoms with E-state index in [-0.39, 0.29) is 5.75 Å². The monoisotopic (exact) mass is 292 g/mol. The van der Waals surface area contributed by atoms with Gasteiger partial charge in [-0.2, -0.15) is 0 Å². The molecular formula is C9H13BrO4Si. The number of benzene rings is 1. The van der Waals surface area contributed by atoms with Gasteiger partial charge in [-0.15, -0.1) is 0 Å². The molecule has 0 saturated carbocycles. The topological polar surface area (TPSA) is 47.9 Å². The van der Waals surface area contributed by atoms with E-state index in [1.807, 2.05) is 0 Å². The summed E-state index contributed by atoms with van der Waals surface area (Å²) >= 11 is 3.26. The Morgan fingerprint density at radius 1 is 1.13 bits per heavy atom. The summed E-state index contributed by atoms with van der Waals surface area (Å²) in [5, 5.41) is 10.3. The molecule has 4 nitrogen and oxygen atoms in total. The fourth-order valence-corrected chi connectivity index (χ4v) is 3.53. The maximum atomic E-state index is 9.79. The molecule has 0 aliphatic carbocycles. The van der Waals surface area contributed by atoms with Crippen LogP contribution in [0.2, 0.25) is 0 Å². The summed E-state index contributed by atoms with van der Waals surface area (Å²) in [6.45, 7) is 0. The van der Waals surface area contributed by atoms with Crippen LogP contribution in [0.3, 0.4) is 0 Å². The van der Waals surface area contributed by atoms with Crippen LogP contribution in [0.4, 0.5) is 0 Å². The molecule has 0 spiro atoms. The lowest BCUT2D eigenvalue weighted by molar-refractivity contribution is 0.139. The second-order valence-electron chi connectivity index (χ2n) is 2.83. The lowest BCUT2D eigenvalue weighted by Gasteiger charge is -2.25. The Bertz CT molecular complexity index is 333. The van der Waals surface area contributed by atoms with E-state index in [0.717, 1.165) is 4.47 Å². The second kappa shape index (κ2) is 5.09. The van der Waals surface area contributed by atoms with Gasteiger partial charge >= 0.3 is 8.80 Å². The lowest BCUT2D eigenvalue weighted by atomic mass is 10.3. The van der Waals surface area contributed by atoms with Crippen LogP contribution in [0.5, 0.6) is 5.75 Å². The fourth-order valence-electron chi connectivity index (χ4n) is 1.34. The molecule has 0 saturated heterocycles. The number of rotatable bonds is 4. The maximum Gasteiger partial charge on any atom is 0.540 e. The summed E-state index contributed by atoms with van der Waals surface area (Å²) in [5.74, 6) is 0.0987. The molecule has 1 N–H and O–H groups in total. The highest BCUT2D eigenvalue weighted by Crippen LogP contribution is 2.19. The predicted octanol–water partition coefficient (Wildman–Crippen LogP) is 1.24. The van der Waals surface area contributed by atoms with Crippen LogP contribution in [0.15, 0.2) is 22.7 Å². The predicted molar refractivity (Wildman–Crippen MR) is 62.2 cm³/mol. The summed E-state index contributed by atoms with van der Waals surface area (Å²) in [5.41, 5.74) is 0. The average molecular weight is 293 g/mol. The Morgan fingerprint density at radius 3 is 2.07 bits per heavy atom. The van der Waals surface area contributed by atoms with Crippen molar-refractivity contribution in [3.05, 3.63) is 22.7 Å². The van der Waals surface area contributed by atoms with Crippen LogP contribution in [0, 0.1) is 0 Å². The number of hydrogen-bond donors (Lipinski definition) is 1. The zero-order chi connectivity index (χ0) is 11.5. The molecule has 0 fully saturated rings. The van der Waals surface area contributed by atoms with Crippen LogP contribution in [0.1, 0.15) is 0 Å². The highest BCUT2D eigenvalue weighted by atomic mass is 79.9. The minimum Gasteiger partial charge on any atom is -0.508 e. The van der Waals surface area contributed by atoms with Gasteiger partial charge < -0.3 is 18.4 Å². The first-order chi connectivity index (χ1) is 7.09. The molecule has 0 aromatic heterocycles. The molecule has 0 aliphatic heterocycles. The molecule has 0 aliphatic rings. The first-order valence-corrected chi connectivity index (χ1v) is 6.76. The van der Waals surface area contributed by atoms with E-state index in [1.165, 1.54) is 21.3 Å². The van der Waals surface area contributed by atoms with Gasteiger partial charge in [0, 0.05) is 25.8 Å². The quantitative estimate of drug-likeness (QED) is 0.849. The van der Waals surface area contributed by atoms with Crippen molar-refractivity contribution >= 4 is 29.9 Å². The lowest BCUT2D eigenvalue weighted by Crippen LogP contribution is -2.54. The molecule has 0 amide bonds. The van der Waals surface area contributed by atoms with E-state index in [1.54, 1.807) is 18.2 Å². The Labute approximate surface area is 98.3 Å². The van der Waals surface area contributed by atoms with E-state index < -0.39 is 8.80 Å². The fraction of sp³-hybridized carbons (Fsp3) is 0.333. The van der Waals surface area contributed by atoms with Gasteiger partial charge in [0.25, 0.3) is 0 Å². The number of phenolic OH excluding ortho intramolecular Hbond substituents is 1. The molecule has 1 aromatic rings. The zero-order valence-corrected chi connectivity index (χ0v) is 11.4. The maximum absolute atomic E-state index is 9.79. The van der Waals surface area contributed by atoms with Gasteiger partial charge in [0.1, 0.15) is 5.75 Å². The van der Waals surface area contributed by atoms with Gasteiger partial charge in [0.2, 0.25) is 0 Å². The molecule has 15 heavy (non-hydrogen) atoms. The Kier molecular flexibility index (Phi) is 4.29. The molecule has 1 aromatic carbocycles. The van der Waals surface area contributed by atoms with Crippen LogP contribution in [-0.4, -0.2) is 35.2 Å². The normalized spacial score (nSPS) is 11.7. The first-order valence-electron chi connectivity index (χ1n) is 4.24. The van der Waals surface area contributed by atoms with E-state index in [9.17, 15) is 5.11 Å². The first kappa shape index (κ1) is 12.7. The zero-order valence-electron chi connectivity index (χ0n) is 8.78. The van der Waals surface area contributed by atoms with Gasteiger partial charge in [0.05, 0.1) is 5.19 Å². The van der Waals surface area contributed by atoms with E-state index in [2.05, 4.69) is 15.9 Å². The average Bonchev–Trinajstić information content (AvgIpc) is 2.23. The van der Waals surface area contributed by atoms with Crippen LogP contribution in [-0.2, 0) is 13.3 Å². The molecule has 0 unspecified atom stereocenters. The molecule has 0 bridgehead atoms. The molecule has 0 radical (unpaired) electrons. The molecule has 1 rings (SSSR count). The minimum atomic E-state index is -2.93. The number of phenols is 1. The van der Waals surface area contributed by atoms with Crippen LogP contribution in [0.25, 0.3) is 0 Å². The van der Waals surface area contributed by atoms with Crippen molar-refractivity contribution in [2.45, 2.75) is 0 Å². The van der Waals surface area contributed by atoms with Crippen LogP contribution < -0.4 is 5.19 Å². The SMILES string of the molecule is CO[Si](OC)(OC)c1ccc(Br)cc1O. The van der Waals surface area contributed by atoms with Crippen molar-refractivity contribution in [3.63, 3.8) is 0 Å². The number of aromatic hydroxyl groups is 1. The van der Waals surface area contributed by atoms with Crippen molar-refractivity contribution < 1.29 is 18.4 Å². The van der Waals surface area contributed by atoms with E-state index >= 15 is 0 Å². The van der Waals surface area contributed by atoms with Crippen molar-refractivity contribution in [3.8, 4) is 5.75 Å². The third kappa shape index (κ3) is 2.40. The number of halogens is 1. The molecule has 6 heteroatoms. The Morgan fingerprint density at radius 2 is 1.67 bits per heavy atom. The van der Waals surface area contributed by atoms with Crippen molar-refractivity contribution in [1.29, 1.82) is 0 Å². The molecule has 0 heterocycles. The summed E-state index contributed by atoms with van der Waals surface area (Å²) < 4.78 is 16.6. The minimum absolute atomic E-state index is 0.0987. The highest BCUT2D eigenvalue weighted by Gasteiger charge is 2.43. The van der Waals surface area contributed by atoms with Crippen molar-refractivity contribution in [2.75, 3.05) is 21.3 Å². The second-order valence-corrected chi connectivity index (χ2v) is 6.62. The Hall–Kier alpha value is -0.403. The van der Waals surface area contributed by atoms with Gasteiger partial charge in [-0.3, -0.25) is 0 Å². The third-order valence-electron chi connectivity index (χ3n) is 2.10. The van der Waals surface area contributed by atoms with Gasteiger partial charge in [-0.05, 0) is 12.1 Å². The summed E-state index contributed by atoms with van der Waals surface area (Å²) in [6.07, 6.45) is 0. The third-order valence-corrected chi connectivity index (χ3v) is 5.28. The van der Waals surface area contributed by atoms with E-state index in [0.29, 0.717) is 5.19 Å². The standard InChI is InChI=1S/C9H13BrO4Si/c1-12-15(13-2,14-3)9-5-4-7(10)6-8(9)11/h4-6,11H,1-3H3. The molecule has 84 valence electrons. The van der Waals surface area contributed by atoms with Crippen molar-refractivity contribution in [1.82, 2.24) is 0 Å². The summed E-state index contributed by atoms with van der Waals surface area (Å²) in [4.78, 5) is 0. The van der Waals surface area contributed by atoms with Gasteiger partial charge in [-0.25, -0.2) is 0 Å². The van der Waals surface area contributed by atoms with E-state index in [4.69, 9.17) is 13.3 Å². The van der Waals surface area contributed by atoms with Gasteiger partial charge in [-0.1, -0.05) is 22.0 Å². The Balaban J connectivity index is 3.22. The van der Waals surface area contributed by atoms with Crippen molar-refractivity contribution in [2.24, 2.45) is 0 Å². The van der Waals surface area contributed by atoms with Crippen LogP contribution >= 0.6 is 15.9 Å². The largest absolute Gasteiger partial charge is 0.540 e. The summed E-state index contributed by atoms with van der Waals surface area (Å²) in [7, 11) is 1.57. The number of hydrogen-bond acceptors (Lipinski definition) is 4. The van der Waals surface area contributed by atoms with Gasteiger partial charge in [0.15, 0.2) is 0 Å². The highest BCUT2D eigenvalue weighted by molar-refractivity contribution is 9.10. The summed E-state index contributed by atoms with van der Waals surface area (Å²) in [6, 6.07) is 5.10. The smallest absolute Gasteiger partial charge is 0.508 e.